The molecule has 3 N–H and O–H groups in total. The second-order valence-electron chi connectivity index (χ2n) is 7.09. The first-order valence-corrected chi connectivity index (χ1v) is 8.08. The Morgan fingerprint density at radius 2 is 1.89 bits per heavy atom. The number of carbonyl (C=O) groups is 1. The van der Waals surface area contributed by atoms with Gasteiger partial charge in [0.05, 0.1) is 0 Å². The number of hydrogen-bond acceptors (Lipinski definition) is 2. The van der Waals surface area contributed by atoms with Gasteiger partial charge >= 0.3 is 0 Å². The van der Waals surface area contributed by atoms with Crippen molar-refractivity contribution in [2.24, 2.45) is 17.6 Å². The summed E-state index contributed by atoms with van der Waals surface area (Å²) in [5, 5.41) is 3.33. The normalized spacial score (nSPS) is 32.6. The van der Waals surface area contributed by atoms with E-state index in [4.69, 9.17) is 5.73 Å². The van der Waals surface area contributed by atoms with Crippen LogP contribution in [0.2, 0.25) is 0 Å². The minimum absolute atomic E-state index is 0.0420. The molecule has 2 fully saturated rings. The van der Waals surface area contributed by atoms with E-state index in [1.165, 1.54) is 32.1 Å². The van der Waals surface area contributed by atoms with Crippen LogP contribution in [0.3, 0.4) is 0 Å². The molecule has 2 rings (SSSR count). The van der Waals surface area contributed by atoms with E-state index < -0.39 is 0 Å². The molecule has 3 unspecified atom stereocenters. The lowest BCUT2D eigenvalue weighted by molar-refractivity contribution is -0.128. The summed E-state index contributed by atoms with van der Waals surface area (Å²) in [5.74, 6) is 0.851. The Hall–Kier alpha value is -0.570. The molecule has 0 spiro atoms. The highest BCUT2D eigenvalue weighted by Gasteiger charge is 2.33. The fourth-order valence-corrected chi connectivity index (χ4v) is 3.80. The number of carbonyl (C=O) groups excluding carboxylic acids is 1. The summed E-state index contributed by atoms with van der Waals surface area (Å²) in [6.45, 7) is 4.30. The zero-order valence-electron chi connectivity index (χ0n) is 12.6. The summed E-state index contributed by atoms with van der Waals surface area (Å²) in [6.07, 6.45) is 10.6. The zero-order chi connectivity index (χ0) is 13.9. The van der Waals surface area contributed by atoms with E-state index in [1.807, 2.05) is 0 Å². The minimum atomic E-state index is 0.0420. The van der Waals surface area contributed by atoms with Crippen LogP contribution in [0.1, 0.15) is 71.6 Å². The van der Waals surface area contributed by atoms with E-state index in [-0.39, 0.29) is 17.4 Å². The molecule has 3 nitrogen and oxygen atoms in total. The van der Waals surface area contributed by atoms with Crippen LogP contribution >= 0.6 is 0 Å². The Bertz CT molecular complexity index is 310. The molecule has 110 valence electrons. The van der Waals surface area contributed by atoms with Crippen LogP contribution in [-0.2, 0) is 4.79 Å². The standard InChI is InChI=1S/C16H30N2O/c1-12(13-7-6-8-14(17)11-13)15(19)18-16(2)9-4-3-5-10-16/h12-14H,3-11,17H2,1-2H3,(H,18,19). The van der Waals surface area contributed by atoms with Crippen molar-refractivity contribution in [2.75, 3.05) is 0 Å². The zero-order valence-corrected chi connectivity index (χ0v) is 12.6. The van der Waals surface area contributed by atoms with Gasteiger partial charge in [-0.25, -0.2) is 0 Å². The smallest absolute Gasteiger partial charge is 0.223 e. The van der Waals surface area contributed by atoms with Gasteiger partial charge in [0.15, 0.2) is 0 Å². The largest absolute Gasteiger partial charge is 0.351 e. The quantitative estimate of drug-likeness (QED) is 0.825. The Morgan fingerprint density at radius 1 is 1.21 bits per heavy atom. The lowest BCUT2D eigenvalue weighted by Crippen LogP contribution is -2.50. The van der Waals surface area contributed by atoms with Crippen molar-refractivity contribution in [1.82, 2.24) is 5.32 Å². The third-order valence-electron chi connectivity index (χ3n) is 5.26. The van der Waals surface area contributed by atoms with Crippen molar-refractivity contribution < 1.29 is 4.79 Å². The molecule has 19 heavy (non-hydrogen) atoms. The van der Waals surface area contributed by atoms with Gasteiger partial charge in [-0.3, -0.25) is 4.79 Å². The molecular weight excluding hydrogens is 236 g/mol. The highest BCUT2D eigenvalue weighted by Crippen LogP contribution is 2.32. The maximum absolute atomic E-state index is 12.5. The number of hydrogen-bond donors (Lipinski definition) is 2. The first-order valence-electron chi connectivity index (χ1n) is 8.08. The molecule has 0 aromatic rings. The summed E-state index contributed by atoms with van der Waals surface area (Å²) in [7, 11) is 0. The molecule has 0 aromatic heterocycles. The number of amides is 1. The monoisotopic (exact) mass is 266 g/mol. The first-order chi connectivity index (χ1) is 9.00. The Labute approximate surface area is 117 Å². The molecule has 0 saturated heterocycles. The highest BCUT2D eigenvalue weighted by atomic mass is 16.2. The predicted molar refractivity (Wildman–Crippen MR) is 78.7 cm³/mol. The number of nitrogens with one attached hydrogen (secondary N) is 1. The fraction of sp³-hybridized carbons (Fsp3) is 0.938. The van der Waals surface area contributed by atoms with E-state index in [1.54, 1.807) is 0 Å². The van der Waals surface area contributed by atoms with Crippen molar-refractivity contribution in [3.63, 3.8) is 0 Å². The van der Waals surface area contributed by atoms with Crippen molar-refractivity contribution in [3.8, 4) is 0 Å². The van der Waals surface area contributed by atoms with Crippen LogP contribution in [0.5, 0.6) is 0 Å². The maximum Gasteiger partial charge on any atom is 0.223 e. The topological polar surface area (TPSA) is 55.1 Å². The minimum Gasteiger partial charge on any atom is -0.351 e. The van der Waals surface area contributed by atoms with Gasteiger partial charge in [0.2, 0.25) is 5.91 Å². The Kier molecular flexibility index (Phi) is 4.88. The van der Waals surface area contributed by atoms with Crippen molar-refractivity contribution in [1.29, 1.82) is 0 Å². The summed E-state index contributed by atoms with van der Waals surface area (Å²) in [5.41, 5.74) is 6.08. The predicted octanol–water partition coefficient (Wildman–Crippen LogP) is 2.98. The fourth-order valence-electron chi connectivity index (χ4n) is 3.80. The van der Waals surface area contributed by atoms with E-state index in [0.717, 1.165) is 25.7 Å². The van der Waals surface area contributed by atoms with Gasteiger partial charge in [-0.1, -0.05) is 32.6 Å². The van der Waals surface area contributed by atoms with Crippen molar-refractivity contribution >= 4 is 5.91 Å². The van der Waals surface area contributed by atoms with Crippen LogP contribution in [0.25, 0.3) is 0 Å². The summed E-state index contributed by atoms with van der Waals surface area (Å²) in [6, 6.07) is 0.305. The number of rotatable bonds is 3. The summed E-state index contributed by atoms with van der Waals surface area (Å²) >= 11 is 0. The summed E-state index contributed by atoms with van der Waals surface area (Å²) in [4.78, 5) is 12.5. The molecule has 2 aliphatic rings. The third kappa shape index (κ3) is 3.95. The molecule has 0 aliphatic heterocycles. The van der Waals surface area contributed by atoms with E-state index in [9.17, 15) is 4.79 Å². The lowest BCUT2D eigenvalue weighted by Gasteiger charge is -2.37. The van der Waals surface area contributed by atoms with Gasteiger partial charge in [-0.2, -0.15) is 0 Å². The van der Waals surface area contributed by atoms with Gasteiger partial charge in [-0.15, -0.1) is 0 Å². The molecule has 2 saturated carbocycles. The Balaban J connectivity index is 1.87. The average Bonchev–Trinajstić information content (AvgIpc) is 2.38. The maximum atomic E-state index is 12.5. The molecular formula is C16H30N2O. The van der Waals surface area contributed by atoms with Gasteiger partial charge in [-0.05, 0) is 44.9 Å². The first kappa shape index (κ1) is 14.8. The second-order valence-corrected chi connectivity index (χ2v) is 7.09. The van der Waals surface area contributed by atoms with Crippen LogP contribution in [-0.4, -0.2) is 17.5 Å². The summed E-state index contributed by atoms with van der Waals surface area (Å²) < 4.78 is 0. The molecule has 1 amide bonds. The van der Waals surface area contributed by atoms with Gasteiger partial charge in [0.1, 0.15) is 0 Å². The molecule has 2 aliphatic carbocycles. The third-order valence-corrected chi connectivity index (χ3v) is 5.26. The molecule has 0 aromatic carbocycles. The van der Waals surface area contributed by atoms with Gasteiger partial charge < -0.3 is 11.1 Å². The van der Waals surface area contributed by atoms with Crippen molar-refractivity contribution in [3.05, 3.63) is 0 Å². The molecule has 3 atom stereocenters. The lowest BCUT2D eigenvalue weighted by atomic mass is 9.77. The molecule has 0 heterocycles. The van der Waals surface area contributed by atoms with Crippen LogP contribution < -0.4 is 11.1 Å². The van der Waals surface area contributed by atoms with Crippen LogP contribution in [0, 0.1) is 11.8 Å². The Morgan fingerprint density at radius 3 is 2.53 bits per heavy atom. The molecule has 0 radical (unpaired) electrons. The second kappa shape index (κ2) is 6.25. The molecule has 3 heteroatoms. The average molecular weight is 266 g/mol. The van der Waals surface area contributed by atoms with E-state index in [2.05, 4.69) is 19.2 Å². The van der Waals surface area contributed by atoms with E-state index >= 15 is 0 Å². The molecule has 0 bridgehead atoms. The SMILES string of the molecule is CC(C(=O)NC1(C)CCCCC1)C1CCCC(N)C1. The number of nitrogens with two attached hydrogens (primary N) is 1. The highest BCUT2D eigenvalue weighted by molar-refractivity contribution is 5.79. The van der Waals surface area contributed by atoms with Gasteiger partial charge in [0, 0.05) is 17.5 Å². The van der Waals surface area contributed by atoms with Crippen LogP contribution in [0.4, 0.5) is 0 Å². The van der Waals surface area contributed by atoms with Gasteiger partial charge in [0.25, 0.3) is 0 Å². The van der Waals surface area contributed by atoms with Crippen molar-refractivity contribution in [2.45, 2.75) is 83.2 Å². The van der Waals surface area contributed by atoms with Crippen LogP contribution in [0.15, 0.2) is 0 Å². The van der Waals surface area contributed by atoms with E-state index in [0.29, 0.717) is 12.0 Å².